The number of rotatable bonds is 4. The minimum Gasteiger partial charge on any atom is -0.508 e. The lowest BCUT2D eigenvalue weighted by molar-refractivity contribution is -0.122. The van der Waals surface area contributed by atoms with E-state index in [0.29, 0.717) is 6.54 Å². The first-order chi connectivity index (χ1) is 7.54. The molecule has 1 amide bonds. The van der Waals surface area contributed by atoms with Crippen LogP contribution in [0.1, 0.15) is 12.5 Å². The molecule has 0 aromatic heterocycles. The SMILES string of the molecule is CNC(=O)[C@@H](C)NCc1cc(O)ccc1Br. The van der Waals surface area contributed by atoms with Gasteiger partial charge in [-0.2, -0.15) is 0 Å². The Morgan fingerprint density at radius 3 is 2.88 bits per heavy atom. The van der Waals surface area contributed by atoms with Gasteiger partial charge in [-0.05, 0) is 30.7 Å². The highest BCUT2D eigenvalue weighted by molar-refractivity contribution is 9.10. The zero-order chi connectivity index (χ0) is 12.1. The second-order valence-corrected chi connectivity index (χ2v) is 4.35. The van der Waals surface area contributed by atoms with E-state index in [2.05, 4.69) is 26.6 Å². The van der Waals surface area contributed by atoms with Crippen LogP contribution in [-0.4, -0.2) is 24.1 Å². The number of hydrogen-bond acceptors (Lipinski definition) is 3. The molecule has 0 aliphatic heterocycles. The van der Waals surface area contributed by atoms with Crippen molar-refractivity contribution in [2.45, 2.75) is 19.5 Å². The molecule has 0 spiro atoms. The van der Waals surface area contributed by atoms with Crippen molar-refractivity contribution >= 4 is 21.8 Å². The fourth-order valence-electron chi connectivity index (χ4n) is 1.27. The van der Waals surface area contributed by atoms with Gasteiger partial charge in [0.25, 0.3) is 0 Å². The Balaban J connectivity index is 2.60. The molecule has 0 saturated heterocycles. The molecular weight excluding hydrogens is 272 g/mol. The largest absolute Gasteiger partial charge is 0.508 e. The van der Waals surface area contributed by atoms with E-state index >= 15 is 0 Å². The maximum Gasteiger partial charge on any atom is 0.236 e. The first-order valence-corrected chi connectivity index (χ1v) is 5.76. The van der Waals surface area contributed by atoms with Gasteiger partial charge in [0.15, 0.2) is 0 Å². The zero-order valence-electron chi connectivity index (χ0n) is 9.25. The summed E-state index contributed by atoms with van der Waals surface area (Å²) in [6, 6.07) is 4.78. The average Bonchev–Trinajstić information content (AvgIpc) is 2.28. The predicted molar refractivity (Wildman–Crippen MR) is 66.2 cm³/mol. The first kappa shape index (κ1) is 13.0. The molecule has 0 heterocycles. The maximum absolute atomic E-state index is 11.3. The van der Waals surface area contributed by atoms with Gasteiger partial charge in [-0.15, -0.1) is 0 Å². The number of amides is 1. The van der Waals surface area contributed by atoms with Crippen LogP contribution in [0, 0.1) is 0 Å². The standard InChI is InChI=1S/C11H15BrN2O2/c1-7(11(16)13-2)14-6-8-5-9(15)3-4-10(8)12/h3-5,7,14-15H,6H2,1-2H3,(H,13,16)/t7-/m1/s1. The van der Waals surface area contributed by atoms with Crippen LogP contribution in [0.2, 0.25) is 0 Å². The number of likely N-dealkylation sites (N-methyl/N-ethyl adjacent to an activating group) is 1. The number of phenolic OH excluding ortho intramolecular Hbond substituents is 1. The van der Waals surface area contributed by atoms with E-state index in [1.165, 1.54) is 0 Å². The van der Waals surface area contributed by atoms with Gasteiger partial charge in [-0.3, -0.25) is 4.79 Å². The average molecular weight is 287 g/mol. The summed E-state index contributed by atoms with van der Waals surface area (Å²) in [5.41, 5.74) is 0.913. The lowest BCUT2D eigenvalue weighted by atomic mass is 10.2. The zero-order valence-corrected chi connectivity index (χ0v) is 10.8. The normalized spacial score (nSPS) is 12.2. The summed E-state index contributed by atoms with van der Waals surface area (Å²) in [5.74, 6) is 0.156. The Hall–Kier alpha value is -1.07. The summed E-state index contributed by atoms with van der Waals surface area (Å²) in [7, 11) is 1.60. The molecule has 4 nitrogen and oxygen atoms in total. The number of carbonyl (C=O) groups excluding carboxylic acids is 1. The van der Waals surface area contributed by atoms with E-state index in [-0.39, 0.29) is 17.7 Å². The summed E-state index contributed by atoms with van der Waals surface area (Å²) in [4.78, 5) is 11.3. The number of hydrogen-bond donors (Lipinski definition) is 3. The summed E-state index contributed by atoms with van der Waals surface area (Å²) in [5, 5.41) is 15.0. The number of aromatic hydroxyl groups is 1. The van der Waals surface area contributed by atoms with Crippen LogP contribution in [0.15, 0.2) is 22.7 Å². The fourth-order valence-corrected chi connectivity index (χ4v) is 1.66. The number of nitrogens with one attached hydrogen (secondary N) is 2. The molecule has 88 valence electrons. The second kappa shape index (κ2) is 5.86. The van der Waals surface area contributed by atoms with Gasteiger partial charge in [0.05, 0.1) is 6.04 Å². The molecule has 1 aromatic rings. The van der Waals surface area contributed by atoms with Gasteiger partial charge in [0, 0.05) is 18.1 Å². The molecule has 16 heavy (non-hydrogen) atoms. The van der Waals surface area contributed by atoms with Crippen LogP contribution in [0.3, 0.4) is 0 Å². The number of benzene rings is 1. The van der Waals surface area contributed by atoms with Crippen molar-refractivity contribution in [1.29, 1.82) is 0 Å². The van der Waals surface area contributed by atoms with Crippen molar-refractivity contribution in [3.63, 3.8) is 0 Å². The van der Waals surface area contributed by atoms with Crippen LogP contribution in [0.4, 0.5) is 0 Å². The topological polar surface area (TPSA) is 61.4 Å². The number of halogens is 1. The van der Waals surface area contributed by atoms with Crippen molar-refractivity contribution in [3.8, 4) is 5.75 Å². The number of carbonyl (C=O) groups is 1. The minimum atomic E-state index is -0.265. The highest BCUT2D eigenvalue weighted by Crippen LogP contribution is 2.21. The minimum absolute atomic E-state index is 0.0590. The molecule has 0 aliphatic rings. The predicted octanol–water partition coefficient (Wildman–Crippen LogP) is 1.38. The van der Waals surface area contributed by atoms with E-state index in [1.54, 1.807) is 32.2 Å². The molecule has 0 aliphatic carbocycles. The van der Waals surface area contributed by atoms with Gasteiger partial charge in [-0.1, -0.05) is 15.9 Å². The molecular formula is C11H15BrN2O2. The molecule has 0 bridgehead atoms. The van der Waals surface area contributed by atoms with Crippen LogP contribution < -0.4 is 10.6 Å². The third-order valence-corrected chi connectivity index (χ3v) is 3.04. The first-order valence-electron chi connectivity index (χ1n) is 4.97. The molecule has 0 radical (unpaired) electrons. The molecule has 0 saturated carbocycles. The smallest absolute Gasteiger partial charge is 0.236 e. The molecule has 3 N–H and O–H groups in total. The highest BCUT2D eigenvalue weighted by atomic mass is 79.9. The van der Waals surface area contributed by atoms with Crippen molar-refractivity contribution in [1.82, 2.24) is 10.6 Å². The summed E-state index contributed by atoms with van der Waals surface area (Å²) < 4.78 is 0.905. The van der Waals surface area contributed by atoms with Gasteiger partial charge in [-0.25, -0.2) is 0 Å². The van der Waals surface area contributed by atoms with E-state index < -0.39 is 0 Å². The second-order valence-electron chi connectivity index (χ2n) is 3.49. The summed E-state index contributed by atoms with van der Waals surface area (Å²) in [6.07, 6.45) is 0. The lowest BCUT2D eigenvalue weighted by Gasteiger charge is -2.13. The fraction of sp³-hybridized carbons (Fsp3) is 0.364. The molecule has 0 fully saturated rings. The van der Waals surface area contributed by atoms with Crippen LogP contribution in [0.25, 0.3) is 0 Å². The van der Waals surface area contributed by atoms with Gasteiger partial charge in [0.2, 0.25) is 5.91 Å². The molecule has 5 heteroatoms. The van der Waals surface area contributed by atoms with Gasteiger partial charge in [0.1, 0.15) is 5.75 Å². The Morgan fingerprint density at radius 1 is 1.56 bits per heavy atom. The third kappa shape index (κ3) is 3.50. The van der Waals surface area contributed by atoms with E-state index in [9.17, 15) is 9.90 Å². The van der Waals surface area contributed by atoms with Crippen LogP contribution in [0.5, 0.6) is 5.75 Å². The molecule has 1 aromatic carbocycles. The Kier molecular flexibility index (Phi) is 4.76. The van der Waals surface area contributed by atoms with E-state index in [0.717, 1.165) is 10.0 Å². The van der Waals surface area contributed by atoms with Crippen molar-refractivity contribution in [3.05, 3.63) is 28.2 Å². The van der Waals surface area contributed by atoms with E-state index in [1.807, 2.05) is 0 Å². The van der Waals surface area contributed by atoms with Crippen LogP contribution in [-0.2, 0) is 11.3 Å². The van der Waals surface area contributed by atoms with Gasteiger partial charge >= 0.3 is 0 Å². The summed E-state index contributed by atoms with van der Waals surface area (Å²) >= 11 is 3.38. The lowest BCUT2D eigenvalue weighted by Crippen LogP contribution is -2.40. The van der Waals surface area contributed by atoms with Crippen molar-refractivity contribution < 1.29 is 9.90 Å². The summed E-state index contributed by atoms with van der Waals surface area (Å²) in [6.45, 7) is 2.30. The van der Waals surface area contributed by atoms with Crippen LogP contribution >= 0.6 is 15.9 Å². The third-order valence-electron chi connectivity index (χ3n) is 2.27. The maximum atomic E-state index is 11.3. The molecule has 1 atom stereocenters. The Bertz CT molecular complexity index is 382. The van der Waals surface area contributed by atoms with Crippen molar-refractivity contribution in [2.75, 3.05) is 7.05 Å². The van der Waals surface area contributed by atoms with Gasteiger partial charge < -0.3 is 15.7 Å². The quantitative estimate of drug-likeness (QED) is 0.784. The highest BCUT2D eigenvalue weighted by Gasteiger charge is 2.10. The van der Waals surface area contributed by atoms with Crippen molar-refractivity contribution in [2.24, 2.45) is 0 Å². The molecule has 0 unspecified atom stereocenters. The Morgan fingerprint density at radius 2 is 2.25 bits per heavy atom. The number of phenols is 1. The Labute approximate surface area is 103 Å². The molecule has 1 rings (SSSR count). The van der Waals surface area contributed by atoms with E-state index in [4.69, 9.17) is 0 Å². The monoisotopic (exact) mass is 286 g/mol.